The average molecular weight is 348 g/mol. The summed E-state index contributed by atoms with van der Waals surface area (Å²) < 4.78 is 1.30. The third-order valence-corrected chi connectivity index (χ3v) is 5.49. The fourth-order valence-corrected chi connectivity index (χ4v) is 4.61. The number of carbonyl (C=O) groups is 1. The minimum atomic E-state index is -1.03. The van der Waals surface area contributed by atoms with Crippen molar-refractivity contribution in [3.8, 4) is 10.4 Å². The maximum absolute atomic E-state index is 13.0. The van der Waals surface area contributed by atoms with Gasteiger partial charge in [-0.3, -0.25) is 14.2 Å². The zero-order valence-electron chi connectivity index (χ0n) is 12.8. The molecule has 0 aliphatic rings. The Morgan fingerprint density at radius 1 is 1.43 bits per heavy atom. The Morgan fingerprint density at radius 3 is 2.83 bits per heavy atom. The summed E-state index contributed by atoms with van der Waals surface area (Å²) in [6, 6.07) is 3.91. The molecule has 0 aliphatic heterocycles. The van der Waals surface area contributed by atoms with E-state index in [-0.39, 0.29) is 12.1 Å². The highest BCUT2D eigenvalue weighted by Gasteiger charge is 2.20. The molecule has 0 spiro atoms. The lowest BCUT2D eigenvalue weighted by molar-refractivity contribution is -0.137. The first-order valence-corrected chi connectivity index (χ1v) is 9.01. The number of thiophene rings is 2. The van der Waals surface area contributed by atoms with Crippen LogP contribution in [0.5, 0.6) is 0 Å². The molecule has 0 aromatic carbocycles. The van der Waals surface area contributed by atoms with Crippen molar-refractivity contribution in [2.45, 2.75) is 33.2 Å². The Morgan fingerprint density at radius 2 is 2.22 bits per heavy atom. The molecule has 0 atom stereocenters. The Bertz CT molecular complexity index is 923. The van der Waals surface area contributed by atoms with Gasteiger partial charge < -0.3 is 5.11 Å². The summed E-state index contributed by atoms with van der Waals surface area (Å²) in [6.07, 6.45) is 1.39. The van der Waals surface area contributed by atoms with Crippen molar-refractivity contribution < 1.29 is 9.90 Å². The van der Waals surface area contributed by atoms with Gasteiger partial charge in [0.15, 0.2) is 0 Å². The van der Waals surface area contributed by atoms with Crippen LogP contribution in [0, 0.1) is 6.92 Å². The molecule has 1 N–H and O–H groups in total. The summed E-state index contributed by atoms with van der Waals surface area (Å²) in [5.41, 5.74) is 0.633. The number of aryl methyl sites for hydroxylation is 2. The summed E-state index contributed by atoms with van der Waals surface area (Å²) >= 11 is 3.06. The lowest BCUT2D eigenvalue weighted by atomic mass is 10.1. The van der Waals surface area contributed by atoms with Gasteiger partial charge in [0.05, 0.1) is 5.39 Å². The quantitative estimate of drug-likeness (QED) is 0.765. The van der Waals surface area contributed by atoms with Crippen LogP contribution in [-0.2, 0) is 17.8 Å². The average Bonchev–Trinajstić information content (AvgIpc) is 3.10. The van der Waals surface area contributed by atoms with Gasteiger partial charge in [0.1, 0.15) is 17.2 Å². The predicted octanol–water partition coefficient (Wildman–Crippen LogP) is 3.53. The van der Waals surface area contributed by atoms with E-state index in [4.69, 9.17) is 5.11 Å². The third-order valence-electron chi connectivity index (χ3n) is 3.60. The van der Waals surface area contributed by atoms with Crippen LogP contribution in [-0.4, -0.2) is 20.6 Å². The van der Waals surface area contributed by atoms with Gasteiger partial charge in [0, 0.05) is 21.7 Å². The highest BCUT2D eigenvalue weighted by molar-refractivity contribution is 7.20. The van der Waals surface area contributed by atoms with E-state index in [0.717, 1.165) is 21.7 Å². The van der Waals surface area contributed by atoms with E-state index >= 15 is 0 Å². The number of nitrogens with zero attached hydrogens (tertiary/aromatic N) is 2. The van der Waals surface area contributed by atoms with Gasteiger partial charge >= 0.3 is 5.97 Å². The lowest BCUT2D eigenvalue weighted by Gasteiger charge is -2.10. The fraction of sp³-hybridized carbons (Fsp3) is 0.312. The Balaban J connectivity index is 2.35. The van der Waals surface area contributed by atoms with Crippen molar-refractivity contribution in [2.75, 3.05) is 0 Å². The predicted molar refractivity (Wildman–Crippen MR) is 93.6 cm³/mol. The molecule has 0 bridgehead atoms. The number of fused-ring (bicyclic) bond motifs is 1. The highest BCUT2D eigenvalue weighted by atomic mass is 32.1. The monoisotopic (exact) mass is 348 g/mol. The first kappa shape index (κ1) is 15.9. The molecule has 0 radical (unpaired) electrons. The molecule has 0 aliphatic carbocycles. The summed E-state index contributed by atoms with van der Waals surface area (Å²) in [7, 11) is 0. The molecule has 23 heavy (non-hydrogen) atoms. The molecule has 7 heteroatoms. The van der Waals surface area contributed by atoms with Crippen LogP contribution in [0.1, 0.15) is 24.0 Å². The van der Waals surface area contributed by atoms with Crippen LogP contribution >= 0.6 is 22.7 Å². The van der Waals surface area contributed by atoms with Gasteiger partial charge in [-0.1, -0.05) is 13.0 Å². The van der Waals surface area contributed by atoms with E-state index in [9.17, 15) is 9.59 Å². The standard InChI is InChI=1S/C16H16N2O3S2/c1-3-5-11-17-15-14(16(21)18(11)8-12(19)20)13(9(2)23-15)10-6-4-7-22-10/h4,6-7H,3,5,8H2,1-2H3,(H,19,20). The molecule has 5 nitrogen and oxygen atoms in total. The first-order valence-electron chi connectivity index (χ1n) is 7.31. The molecule has 0 saturated heterocycles. The lowest BCUT2D eigenvalue weighted by Crippen LogP contribution is -2.28. The molecular formula is C16H16N2O3S2. The fourth-order valence-electron chi connectivity index (χ4n) is 2.67. The molecule has 3 heterocycles. The largest absolute Gasteiger partial charge is 0.480 e. The molecule has 3 aromatic rings. The highest BCUT2D eigenvalue weighted by Crippen LogP contribution is 2.37. The Labute approximate surface area is 140 Å². The van der Waals surface area contributed by atoms with Gasteiger partial charge in [-0.2, -0.15) is 0 Å². The van der Waals surface area contributed by atoms with E-state index in [1.807, 2.05) is 31.4 Å². The normalized spacial score (nSPS) is 11.2. The SMILES string of the molecule is CCCc1nc2sc(C)c(-c3cccs3)c2c(=O)n1CC(=O)O. The van der Waals surface area contributed by atoms with Crippen molar-refractivity contribution in [1.29, 1.82) is 0 Å². The molecular weight excluding hydrogens is 332 g/mol. The van der Waals surface area contributed by atoms with E-state index in [0.29, 0.717) is 22.5 Å². The van der Waals surface area contributed by atoms with Crippen molar-refractivity contribution in [1.82, 2.24) is 9.55 Å². The van der Waals surface area contributed by atoms with E-state index in [2.05, 4.69) is 4.98 Å². The summed E-state index contributed by atoms with van der Waals surface area (Å²) in [4.78, 5) is 31.4. The number of rotatable bonds is 5. The second-order valence-corrected chi connectivity index (χ2v) is 7.40. The number of carboxylic acids is 1. The van der Waals surface area contributed by atoms with Crippen LogP contribution in [0.4, 0.5) is 0 Å². The molecule has 120 valence electrons. The van der Waals surface area contributed by atoms with Crippen molar-refractivity contribution in [2.24, 2.45) is 0 Å². The minimum absolute atomic E-state index is 0.256. The zero-order chi connectivity index (χ0) is 16.6. The van der Waals surface area contributed by atoms with Gasteiger partial charge in [-0.15, -0.1) is 22.7 Å². The second-order valence-electron chi connectivity index (χ2n) is 5.25. The molecule has 3 rings (SSSR count). The topological polar surface area (TPSA) is 72.2 Å². The van der Waals surface area contributed by atoms with Gasteiger partial charge in [-0.25, -0.2) is 4.98 Å². The van der Waals surface area contributed by atoms with Gasteiger partial charge in [-0.05, 0) is 24.8 Å². The molecule has 0 unspecified atom stereocenters. The Hall–Kier alpha value is -1.99. The van der Waals surface area contributed by atoms with Crippen molar-refractivity contribution in [3.63, 3.8) is 0 Å². The van der Waals surface area contributed by atoms with E-state index < -0.39 is 5.97 Å². The third kappa shape index (κ3) is 2.82. The number of carboxylic acid groups (broad SMARTS) is 1. The van der Waals surface area contributed by atoms with Gasteiger partial charge in [0.25, 0.3) is 5.56 Å². The summed E-state index contributed by atoms with van der Waals surface area (Å²) in [6.45, 7) is 3.61. The van der Waals surface area contributed by atoms with Crippen molar-refractivity contribution in [3.05, 3.63) is 38.6 Å². The summed E-state index contributed by atoms with van der Waals surface area (Å²) in [5, 5.41) is 11.6. The van der Waals surface area contributed by atoms with Crippen molar-refractivity contribution >= 4 is 38.9 Å². The van der Waals surface area contributed by atoms with Crippen LogP contribution < -0.4 is 5.56 Å². The Kier molecular flexibility index (Phi) is 4.32. The molecule has 0 amide bonds. The molecule has 0 fully saturated rings. The van der Waals surface area contributed by atoms with E-state index in [1.54, 1.807) is 11.3 Å². The van der Waals surface area contributed by atoms with Gasteiger partial charge in [0.2, 0.25) is 0 Å². The second kappa shape index (κ2) is 6.25. The van der Waals surface area contributed by atoms with Crippen LogP contribution in [0.15, 0.2) is 22.3 Å². The van der Waals surface area contributed by atoms with Crippen LogP contribution in [0.25, 0.3) is 20.7 Å². The maximum atomic E-state index is 13.0. The molecule has 0 saturated carbocycles. The number of hydrogen-bond acceptors (Lipinski definition) is 5. The van der Waals surface area contributed by atoms with Crippen LogP contribution in [0.3, 0.4) is 0 Å². The number of aromatic nitrogens is 2. The summed E-state index contributed by atoms with van der Waals surface area (Å²) in [5.74, 6) is -0.485. The maximum Gasteiger partial charge on any atom is 0.323 e. The smallest absolute Gasteiger partial charge is 0.323 e. The molecule has 3 aromatic heterocycles. The first-order chi connectivity index (χ1) is 11.0. The minimum Gasteiger partial charge on any atom is -0.480 e. The number of hydrogen-bond donors (Lipinski definition) is 1. The van der Waals surface area contributed by atoms with Crippen LogP contribution in [0.2, 0.25) is 0 Å². The zero-order valence-corrected chi connectivity index (χ0v) is 14.5. The van der Waals surface area contributed by atoms with E-state index in [1.165, 1.54) is 15.9 Å². The number of aliphatic carboxylic acids is 1.